The number of carbonyl (C=O) groups is 1. The SMILES string of the molecule is O=C(O)C(CCc1nn[nH]n1)c1ccccc1. The summed E-state index contributed by atoms with van der Waals surface area (Å²) < 4.78 is 0. The van der Waals surface area contributed by atoms with Gasteiger partial charge < -0.3 is 5.11 Å². The van der Waals surface area contributed by atoms with Crippen molar-refractivity contribution in [3.05, 3.63) is 41.7 Å². The first-order chi connectivity index (χ1) is 8.27. The Morgan fingerprint density at radius 2 is 2.12 bits per heavy atom. The van der Waals surface area contributed by atoms with Gasteiger partial charge in [-0.05, 0) is 12.0 Å². The highest BCUT2D eigenvalue weighted by molar-refractivity contribution is 5.76. The van der Waals surface area contributed by atoms with Crippen molar-refractivity contribution in [3.8, 4) is 0 Å². The summed E-state index contributed by atoms with van der Waals surface area (Å²) in [5, 5.41) is 22.6. The maximum atomic E-state index is 11.2. The van der Waals surface area contributed by atoms with E-state index in [1.54, 1.807) is 0 Å². The highest BCUT2D eigenvalue weighted by Gasteiger charge is 2.19. The van der Waals surface area contributed by atoms with Gasteiger partial charge in [-0.1, -0.05) is 35.5 Å². The molecule has 0 aliphatic carbocycles. The highest BCUT2D eigenvalue weighted by Crippen LogP contribution is 2.20. The van der Waals surface area contributed by atoms with Gasteiger partial charge in [-0.2, -0.15) is 5.21 Å². The Morgan fingerprint density at radius 3 is 2.71 bits per heavy atom. The number of rotatable bonds is 5. The fourth-order valence-corrected chi connectivity index (χ4v) is 1.68. The molecule has 6 nitrogen and oxygen atoms in total. The molecule has 17 heavy (non-hydrogen) atoms. The van der Waals surface area contributed by atoms with E-state index in [4.69, 9.17) is 0 Å². The van der Waals surface area contributed by atoms with E-state index in [0.29, 0.717) is 18.7 Å². The zero-order valence-electron chi connectivity index (χ0n) is 9.08. The summed E-state index contributed by atoms with van der Waals surface area (Å²) in [6.45, 7) is 0. The molecule has 88 valence electrons. The molecule has 0 aliphatic rings. The third kappa shape index (κ3) is 2.87. The average Bonchev–Trinajstić information content (AvgIpc) is 2.83. The molecule has 0 fully saturated rings. The van der Waals surface area contributed by atoms with E-state index in [0.717, 1.165) is 5.56 Å². The number of carboxylic acids is 1. The van der Waals surface area contributed by atoms with E-state index in [1.807, 2.05) is 30.3 Å². The lowest BCUT2D eigenvalue weighted by Crippen LogP contribution is -2.12. The van der Waals surface area contributed by atoms with Crippen LogP contribution in [-0.2, 0) is 11.2 Å². The predicted octanol–water partition coefficient (Wildman–Crippen LogP) is 1.00. The number of aromatic amines is 1. The summed E-state index contributed by atoms with van der Waals surface area (Å²) in [4.78, 5) is 11.2. The standard InChI is InChI=1S/C11H12N4O2/c16-11(17)9(8-4-2-1-3-5-8)6-7-10-12-14-15-13-10/h1-5,9H,6-7H2,(H,16,17)(H,12,13,14,15). The number of nitrogens with one attached hydrogen (secondary N) is 1. The fraction of sp³-hybridized carbons (Fsp3) is 0.273. The average molecular weight is 232 g/mol. The molecule has 0 saturated carbocycles. The van der Waals surface area contributed by atoms with E-state index < -0.39 is 11.9 Å². The van der Waals surface area contributed by atoms with Gasteiger partial charge in [0, 0.05) is 6.42 Å². The van der Waals surface area contributed by atoms with Crippen LogP contribution in [0, 0.1) is 0 Å². The van der Waals surface area contributed by atoms with Gasteiger partial charge in [0.05, 0.1) is 5.92 Å². The monoisotopic (exact) mass is 232 g/mol. The molecule has 0 saturated heterocycles. The molecule has 1 aromatic heterocycles. The molecule has 0 radical (unpaired) electrons. The maximum absolute atomic E-state index is 11.2. The number of H-pyrrole nitrogens is 1. The van der Waals surface area contributed by atoms with E-state index in [-0.39, 0.29) is 0 Å². The number of nitrogens with zero attached hydrogens (tertiary/aromatic N) is 3. The van der Waals surface area contributed by atoms with Gasteiger partial charge >= 0.3 is 5.97 Å². The van der Waals surface area contributed by atoms with Gasteiger partial charge in [-0.25, -0.2) is 0 Å². The lowest BCUT2D eigenvalue weighted by Gasteiger charge is -2.11. The van der Waals surface area contributed by atoms with Crippen molar-refractivity contribution >= 4 is 5.97 Å². The summed E-state index contributed by atoms with van der Waals surface area (Å²) in [6, 6.07) is 9.16. The second kappa shape index (κ2) is 5.20. The number of benzene rings is 1. The zero-order valence-corrected chi connectivity index (χ0v) is 9.08. The van der Waals surface area contributed by atoms with Crippen LogP contribution in [-0.4, -0.2) is 31.7 Å². The molecule has 0 amide bonds. The number of tetrazole rings is 1. The van der Waals surface area contributed by atoms with E-state index in [1.165, 1.54) is 0 Å². The van der Waals surface area contributed by atoms with Crippen molar-refractivity contribution in [3.63, 3.8) is 0 Å². The lowest BCUT2D eigenvalue weighted by atomic mass is 9.94. The second-order valence-electron chi connectivity index (χ2n) is 3.67. The van der Waals surface area contributed by atoms with Gasteiger partial charge in [-0.3, -0.25) is 4.79 Å². The number of hydrogen-bond acceptors (Lipinski definition) is 4. The minimum Gasteiger partial charge on any atom is -0.481 e. The first-order valence-electron chi connectivity index (χ1n) is 5.27. The smallest absolute Gasteiger partial charge is 0.310 e. The van der Waals surface area contributed by atoms with Crippen LogP contribution in [0.1, 0.15) is 23.7 Å². The number of aliphatic carboxylic acids is 1. The minimum absolute atomic E-state index is 0.457. The molecule has 0 aliphatic heterocycles. The lowest BCUT2D eigenvalue weighted by molar-refractivity contribution is -0.138. The van der Waals surface area contributed by atoms with Crippen LogP contribution in [0.25, 0.3) is 0 Å². The number of carboxylic acid groups (broad SMARTS) is 1. The minimum atomic E-state index is -0.834. The summed E-state index contributed by atoms with van der Waals surface area (Å²) in [5.41, 5.74) is 0.795. The van der Waals surface area contributed by atoms with Crippen LogP contribution < -0.4 is 0 Å². The molecular weight excluding hydrogens is 220 g/mol. The van der Waals surface area contributed by atoms with E-state index in [9.17, 15) is 9.90 Å². The molecule has 0 bridgehead atoms. The summed E-state index contributed by atoms with van der Waals surface area (Å²) in [5.74, 6) is -0.832. The Balaban J connectivity index is 2.06. The van der Waals surface area contributed by atoms with Crippen LogP contribution >= 0.6 is 0 Å². The molecule has 1 aromatic carbocycles. The molecule has 1 unspecified atom stereocenters. The van der Waals surface area contributed by atoms with Crippen molar-refractivity contribution < 1.29 is 9.90 Å². The molecule has 2 aromatic rings. The molecule has 2 rings (SSSR count). The Morgan fingerprint density at radius 1 is 1.35 bits per heavy atom. The van der Waals surface area contributed by atoms with Crippen LogP contribution in [0.2, 0.25) is 0 Å². The van der Waals surface area contributed by atoms with Crippen molar-refractivity contribution in [2.75, 3.05) is 0 Å². The predicted molar refractivity (Wildman–Crippen MR) is 59.3 cm³/mol. The number of aryl methyl sites for hydroxylation is 1. The summed E-state index contributed by atoms with van der Waals surface area (Å²) in [6.07, 6.45) is 0.946. The normalized spacial score (nSPS) is 12.2. The van der Waals surface area contributed by atoms with Gasteiger partial charge in [0.1, 0.15) is 0 Å². The van der Waals surface area contributed by atoms with Crippen LogP contribution in [0.15, 0.2) is 30.3 Å². The first kappa shape index (κ1) is 11.3. The molecule has 1 atom stereocenters. The van der Waals surface area contributed by atoms with Crippen molar-refractivity contribution in [2.24, 2.45) is 0 Å². The fourth-order valence-electron chi connectivity index (χ4n) is 1.68. The Bertz CT molecular complexity index is 469. The highest BCUT2D eigenvalue weighted by atomic mass is 16.4. The second-order valence-corrected chi connectivity index (χ2v) is 3.67. The summed E-state index contributed by atoms with van der Waals surface area (Å²) in [7, 11) is 0. The molecular formula is C11H12N4O2. The third-order valence-corrected chi connectivity index (χ3v) is 2.55. The molecule has 1 heterocycles. The Hall–Kier alpha value is -2.24. The van der Waals surface area contributed by atoms with Crippen molar-refractivity contribution in [1.29, 1.82) is 0 Å². The maximum Gasteiger partial charge on any atom is 0.310 e. The van der Waals surface area contributed by atoms with Gasteiger partial charge in [0.2, 0.25) is 0 Å². The Kier molecular flexibility index (Phi) is 3.44. The topological polar surface area (TPSA) is 91.8 Å². The van der Waals surface area contributed by atoms with Gasteiger partial charge in [0.25, 0.3) is 0 Å². The van der Waals surface area contributed by atoms with Crippen molar-refractivity contribution in [2.45, 2.75) is 18.8 Å². The third-order valence-electron chi connectivity index (χ3n) is 2.55. The van der Waals surface area contributed by atoms with E-state index in [2.05, 4.69) is 20.6 Å². The first-order valence-corrected chi connectivity index (χ1v) is 5.27. The molecule has 2 N–H and O–H groups in total. The largest absolute Gasteiger partial charge is 0.481 e. The van der Waals surface area contributed by atoms with Gasteiger partial charge in [-0.15, -0.1) is 10.2 Å². The number of hydrogen-bond donors (Lipinski definition) is 2. The quantitative estimate of drug-likeness (QED) is 0.802. The van der Waals surface area contributed by atoms with Crippen molar-refractivity contribution in [1.82, 2.24) is 20.6 Å². The molecule has 6 heteroatoms. The zero-order chi connectivity index (χ0) is 12.1. The van der Waals surface area contributed by atoms with Gasteiger partial charge in [0.15, 0.2) is 5.82 Å². The van der Waals surface area contributed by atoms with Crippen LogP contribution in [0.5, 0.6) is 0 Å². The van der Waals surface area contributed by atoms with E-state index >= 15 is 0 Å². The van der Waals surface area contributed by atoms with Crippen LogP contribution in [0.4, 0.5) is 0 Å². The Labute approximate surface area is 97.7 Å². The number of aromatic nitrogens is 4. The summed E-state index contributed by atoms with van der Waals surface area (Å²) >= 11 is 0. The molecule has 0 spiro atoms. The van der Waals surface area contributed by atoms with Crippen LogP contribution in [0.3, 0.4) is 0 Å².